The summed E-state index contributed by atoms with van der Waals surface area (Å²) >= 11 is 0. The van der Waals surface area contributed by atoms with Gasteiger partial charge in [-0.3, -0.25) is 9.09 Å². The van der Waals surface area contributed by atoms with Crippen molar-refractivity contribution < 1.29 is 28.7 Å². The molecule has 0 bridgehead atoms. The van der Waals surface area contributed by atoms with Gasteiger partial charge in [-0.1, -0.05) is 0 Å². The Morgan fingerprint density at radius 3 is 2.70 bits per heavy atom. The summed E-state index contributed by atoms with van der Waals surface area (Å²) < 4.78 is 24.1. The van der Waals surface area contributed by atoms with Gasteiger partial charge in [0.2, 0.25) is 0 Å². The highest BCUT2D eigenvalue weighted by Crippen LogP contribution is 2.37. The number of aliphatic hydroxyl groups is 1. The summed E-state index contributed by atoms with van der Waals surface area (Å²) in [6, 6.07) is -0.264. The Morgan fingerprint density at radius 2 is 2.00 bits per heavy atom. The summed E-state index contributed by atoms with van der Waals surface area (Å²) in [5, 5.41) is 17.8. The maximum atomic E-state index is 10.8. The predicted octanol–water partition coefficient (Wildman–Crippen LogP) is -0.793. The van der Waals surface area contributed by atoms with Gasteiger partial charge in [-0.2, -0.15) is 0 Å². The minimum Gasteiger partial charge on any atom is -0.390 e. The Labute approximate surface area is 151 Å². The fourth-order valence-corrected chi connectivity index (χ4v) is 3.31. The molecule has 27 heavy (non-hydrogen) atoms. The van der Waals surface area contributed by atoms with E-state index in [0.29, 0.717) is 17.0 Å². The summed E-state index contributed by atoms with van der Waals surface area (Å²) in [5.41, 5.74) is 1.10. The SMILES string of the molecule is O=P(O)(O)OCC1OCC(n2cnc3c(-n4cnnc4)ncnc32)CC1O. The number of rotatable bonds is 5. The fraction of sp³-hybridized carbons (Fsp3) is 0.462. The van der Waals surface area contributed by atoms with Crippen LogP contribution in [0.1, 0.15) is 12.5 Å². The van der Waals surface area contributed by atoms with Crippen LogP contribution < -0.4 is 0 Å². The van der Waals surface area contributed by atoms with Gasteiger partial charge < -0.3 is 24.2 Å². The number of phosphoric ester groups is 1. The molecule has 4 heterocycles. The molecule has 3 unspecified atom stereocenters. The number of aliphatic hydroxyl groups excluding tert-OH is 1. The number of hydrogen-bond acceptors (Lipinski definition) is 9. The number of nitrogens with zero attached hydrogens (tertiary/aromatic N) is 7. The van der Waals surface area contributed by atoms with Crippen molar-refractivity contribution in [3.05, 3.63) is 25.3 Å². The van der Waals surface area contributed by atoms with Gasteiger partial charge >= 0.3 is 7.82 Å². The van der Waals surface area contributed by atoms with E-state index in [2.05, 4.69) is 29.7 Å². The highest BCUT2D eigenvalue weighted by Gasteiger charge is 2.33. The zero-order valence-electron chi connectivity index (χ0n) is 13.8. The van der Waals surface area contributed by atoms with Crippen molar-refractivity contribution in [3.63, 3.8) is 0 Å². The number of imidazole rings is 1. The highest BCUT2D eigenvalue weighted by molar-refractivity contribution is 7.46. The number of aromatic nitrogens is 7. The third-order valence-electron chi connectivity index (χ3n) is 4.25. The van der Waals surface area contributed by atoms with Crippen molar-refractivity contribution in [2.45, 2.75) is 24.7 Å². The zero-order chi connectivity index (χ0) is 19.0. The molecule has 0 aromatic carbocycles. The summed E-state index contributed by atoms with van der Waals surface area (Å²) in [6.45, 7) is -0.202. The van der Waals surface area contributed by atoms with Crippen LogP contribution in [0, 0.1) is 0 Å². The maximum absolute atomic E-state index is 10.8. The third kappa shape index (κ3) is 3.74. The summed E-state index contributed by atoms with van der Waals surface area (Å²) in [6.07, 6.45) is 4.47. The second-order valence-corrected chi connectivity index (χ2v) is 7.24. The quantitative estimate of drug-likeness (QED) is 0.461. The van der Waals surface area contributed by atoms with Crippen LogP contribution >= 0.6 is 7.82 Å². The molecule has 4 rings (SSSR count). The van der Waals surface area contributed by atoms with Crippen molar-refractivity contribution in [1.82, 2.24) is 34.3 Å². The first-order chi connectivity index (χ1) is 12.9. The lowest BCUT2D eigenvalue weighted by Crippen LogP contribution is -2.41. The van der Waals surface area contributed by atoms with Gasteiger partial charge in [-0.15, -0.1) is 10.2 Å². The first-order valence-corrected chi connectivity index (χ1v) is 9.47. The van der Waals surface area contributed by atoms with E-state index in [1.165, 1.54) is 19.0 Å². The number of phosphoric acid groups is 1. The average Bonchev–Trinajstić information content (AvgIpc) is 3.29. The Kier molecular flexibility index (Phi) is 4.72. The molecule has 3 atom stereocenters. The van der Waals surface area contributed by atoms with Crippen LogP contribution in [-0.2, 0) is 13.8 Å². The highest BCUT2D eigenvalue weighted by atomic mass is 31.2. The van der Waals surface area contributed by atoms with E-state index in [0.717, 1.165) is 0 Å². The molecular formula is C13H16N7O6P. The normalized spacial score (nSPS) is 23.7. The Bertz CT molecular complexity index is 973. The van der Waals surface area contributed by atoms with Crippen LogP contribution in [0.15, 0.2) is 25.3 Å². The lowest BCUT2D eigenvalue weighted by Gasteiger charge is -2.33. The van der Waals surface area contributed by atoms with Gasteiger partial charge in [-0.25, -0.2) is 19.5 Å². The first-order valence-electron chi connectivity index (χ1n) is 7.94. The molecule has 3 N–H and O–H groups in total. The van der Waals surface area contributed by atoms with Gasteiger partial charge in [0.25, 0.3) is 0 Å². The van der Waals surface area contributed by atoms with Gasteiger partial charge in [0.1, 0.15) is 25.1 Å². The molecule has 14 heteroatoms. The molecule has 0 radical (unpaired) electrons. The van der Waals surface area contributed by atoms with Crippen molar-refractivity contribution in [1.29, 1.82) is 0 Å². The monoisotopic (exact) mass is 397 g/mol. The zero-order valence-corrected chi connectivity index (χ0v) is 14.7. The molecule has 1 saturated heterocycles. The van der Waals surface area contributed by atoms with Crippen LogP contribution in [0.25, 0.3) is 17.0 Å². The lowest BCUT2D eigenvalue weighted by atomic mass is 10.0. The summed E-state index contributed by atoms with van der Waals surface area (Å²) in [4.78, 5) is 30.4. The van der Waals surface area contributed by atoms with E-state index >= 15 is 0 Å². The van der Waals surface area contributed by atoms with Crippen molar-refractivity contribution >= 4 is 19.0 Å². The minimum atomic E-state index is -4.62. The topological polar surface area (TPSA) is 171 Å². The van der Waals surface area contributed by atoms with Crippen LogP contribution in [0.3, 0.4) is 0 Å². The standard InChI is InChI=1S/C13H16N7O6P/c21-9-1-8(2-25-10(9)3-26-27(22,23)24)20-5-16-11-12(14-4-15-13(11)20)19-6-17-18-7-19/h4-10,21H,1-3H2,(H2,22,23,24). The first kappa shape index (κ1) is 18.1. The molecule has 0 saturated carbocycles. The van der Waals surface area contributed by atoms with Crippen LogP contribution in [0.4, 0.5) is 0 Å². The second kappa shape index (κ2) is 7.03. The van der Waals surface area contributed by atoms with E-state index in [1.807, 2.05) is 0 Å². The van der Waals surface area contributed by atoms with Crippen LogP contribution in [0.5, 0.6) is 0 Å². The molecule has 1 aliphatic heterocycles. The molecule has 1 aliphatic rings. The molecule has 3 aromatic rings. The molecule has 0 spiro atoms. The molecule has 0 aliphatic carbocycles. The van der Waals surface area contributed by atoms with Crippen LogP contribution in [0.2, 0.25) is 0 Å². The van der Waals surface area contributed by atoms with Gasteiger partial charge in [-0.05, 0) is 6.42 Å². The minimum absolute atomic E-state index is 0.198. The number of ether oxygens (including phenoxy) is 1. The smallest absolute Gasteiger partial charge is 0.390 e. The predicted molar refractivity (Wildman–Crippen MR) is 87.6 cm³/mol. The van der Waals surface area contributed by atoms with Gasteiger partial charge in [0, 0.05) is 0 Å². The van der Waals surface area contributed by atoms with Crippen molar-refractivity contribution in [2.24, 2.45) is 0 Å². The van der Waals surface area contributed by atoms with Crippen molar-refractivity contribution in [3.8, 4) is 5.82 Å². The van der Waals surface area contributed by atoms with E-state index in [-0.39, 0.29) is 19.1 Å². The van der Waals surface area contributed by atoms with E-state index in [4.69, 9.17) is 14.5 Å². The van der Waals surface area contributed by atoms with E-state index in [1.54, 1.807) is 15.5 Å². The molecular weight excluding hydrogens is 381 g/mol. The van der Waals surface area contributed by atoms with E-state index in [9.17, 15) is 9.67 Å². The average molecular weight is 397 g/mol. The van der Waals surface area contributed by atoms with Gasteiger partial charge in [0.05, 0.1) is 31.7 Å². The summed E-state index contributed by atoms with van der Waals surface area (Å²) in [7, 11) is -4.62. The molecule has 0 amide bonds. The fourth-order valence-electron chi connectivity index (χ4n) is 2.97. The van der Waals surface area contributed by atoms with Crippen molar-refractivity contribution in [2.75, 3.05) is 13.2 Å². The largest absolute Gasteiger partial charge is 0.469 e. The molecule has 13 nitrogen and oxygen atoms in total. The molecule has 3 aromatic heterocycles. The molecule has 1 fully saturated rings. The van der Waals surface area contributed by atoms with E-state index < -0.39 is 26.6 Å². The summed E-state index contributed by atoms with van der Waals surface area (Å²) in [5.74, 6) is 0.522. The lowest BCUT2D eigenvalue weighted by molar-refractivity contribution is -0.110. The van der Waals surface area contributed by atoms with Gasteiger partial charge in [0.15, 0.2) is 17.0 Å². The second-order valence-electron chi connectivity index (χ2n) is 6.01. The van der Waals surface area contributed by atoms with Crippen LogP contribution in [-0.4, -0.2) is 74.6 Å². The Hall–Kier alpha value is -2.28. The Morgan fingerprint density at radius 1 is 1.22 bits per heavy atom. The third-order valence-corrected chi connectivity index (χ3v) is 4.73. The maximum Gasteiger partial charge on any atom is 0.469 e. The number of fused-ring (bicyclic) bond motifs is 1. The molecule has 144 valence electrons. The number of hydrogen-bond donors (Lipinski definition) is 3. The Balaban J connectivity index is 1.54.